The Kier molecular flexibility index (Phi) is 4.64. The van der Waals surface area contributed by atoms with Gasteiger partial charge in [-0.25, -0.2) is 8.78 Å². The van der Waals surface area contributed by atoms with E-state index in [0.717, 1.165) is 0 Å². The van der Waals surface area contributed by atoms with Crippen LogP contribution in [-0.4, -0.2) is 12.2 Å². The average Bonchev–Trinajstić information content (AvgIpc) is 2.48. The monoisotopic (exact) mass is 356 g/mol. The Morgan fingerprint density at radius 3 is 2.33 bits per heavy atom. The molecule has 0 spiro atoms. The first-order chi connectivity index (χ1) is 9.85. The van der Waals surface area contributed by atoms with Crippen molar-refractivity contribution in [2.24, 2.45) is 0 Å². The Labute approximate surface area is 130 Å². The third kappa shape index (κ3) is 3.41. The Morgan fingerprint density at radius 2 is 1.76 bits per heavy atom. The summed E-state index contributed by atoms with van der Waals surface area (Å²) < 4.78 is 33.0. The number of methoxy groups -OCH3 is 1. The van der Waals surface area contributed by atoms with Crippen LogP contribution in [0.4, 0.5) is 8.78 Å². The molecule has 2 aromatic carbocycles. The molecular weight excluding hydrogens is 342 g/mol. The van der Waals surface area contributed by atoms with Crippen LogP contribution < -0.4 is 4.74 Å². The quantitative estimate of drug-likeness (QED) is 0.832. The summed E-state index contributed by atoms with van der Waals surface area (Å²) >= 11 is 3.02. The highest BCUT2D eigenvalue weighted by Crippen LogP contribution is 2.31. The molecule has 1 unspecified atom stereocenters. The van der Waals surface area contributed by atoms with E-state index in [1.165, 1.54) is 19.1 Å². The average molecular weight is 357 g/mol. The zero-order valence-electron chi connectivity index (χ0n) is 11.7. The molecule has 2 nitrogen and oxygen atoms in total. The SMILES string of the molecule is COc1ccc(C(C)(O)Cc2c(F)ccc(Br)c2F)cc1. The summed E-state index contributed by atoms with van der Waals surface area (Å²) in [5.41, 5.74) is -0.985. The third-order valence-corrected chi connectivity index (χ3v) is 3.98. The van der Waals surface area contributed by atoms with Gasteiger partial charge in [-0.05, 0) is 52.7 Å². The zero-order valence-corrected chi connectivity index (χ0v) is 13.2. The van der Waals surface area contributed by atoms with Crippen LogP contribution in [0.5, 0.6) is 5.75 Å². The molecule has 0 aliphatic carbocycles. The van der Waals surface area contributed by atoms with Crippen molar-refractivity contribution in [2.75, 3.05) is 7.11 Å². The van der Waals surface area contributed by atoms with Gasteiger partial charge in [0.15, 0.2) is 0 Å². The Morgan fingerprint density at radius 1 is 1.14 bits per heavy atom. The molecule has 0 bridgehead atoms. The highest BCUT2D eigenvalue weighted by atomic mass is 79.9. The van der Waals surface area contributed by atoms with Crippen LogP contribution in [0, 0.1) is 11.6 Å². The summed E-state index contributed by atoms with van der Waals surface area (Å²) in [6.07, 6.45) is -0.170. The zero-order chi connectivity index (χ0) is 15.6. The number of halogens is 3. The molecule has 1 atom stereocenters. The van der Waals surface area contributed by atoms with E-state index in [-0.39, 0.29) is 16.5 Å². The molecule has 0 aliphatic rings. The van der Waals surface area contributed by atoms with Crippen molar-refractivity contribution in [2.45, 2.75) is 18.9 Å². The molecule has 0 heterocycles. The molecule has 0 aromatic heterocycles. The topological polar surface area (TPSA) is 29.5 Å². The molecule has 2 aromatic rings. The lowest BCUT2D eigenvalue weighted by Crippen LogP contribution is -2.25. The maximum atomic E-state index is 14.0. The molecule has 112 valence electrons. The summed E-state index contributed by atoms with van der Waals surface area (Å²) in [4.78, 5) is 0. The van der Waals surface area contributed by atoms with Gasteiger partial charge < -0.3 is 9.84 Å². The summed E-state index contributed by atoms with van der Waals surface area (Å²) in [6.45, 7) is 1.52. The van der Waals surface area contributed by atoms with Crippen LogP contribution in [0.15, 0.2) is 40.9 Å². The lowest BCUT2D eigenvalue weighted by molar-refractivity contribution is 0.0556. The predicted molar refractivity (Wildman–Crippen MR) is 80.3 cm³/mol. The van der Waals surface area contributed by atoms with Gasteiger partial charge in [-0.1, -0.05) is 12.1 Å². The molecule has 0 radical (unpaired) electrons. The van der Waals surface area contributed by atoms with Crippen LogP contribution in [0.3, 0.4) is 0 Å². The van der Waals surface area contributed by atoms with Crippen molar-refractivity contribution < 1.29 is 18.6 Å². The van der Waals surface area contributed by atoms with Crippen LogP contribution in [-0.2, 0) is 12.0 Å². The van der Waals surface area contributed by atoms with Crippen LogP contribution >= 0.6 is 15.9 Å². The first-order valence-corrected chi connectivity index (χ1v) is 7.14. The second kappa shape index (κ2) is 6.12. The highest BCUT2D eigenvalue weighted by molar-refractivity contribution is 9.10. The summed E-state index contributed by atoms with van der Waals surface area (Å²) in [7, 11) is 1.54. The maximum Gasteiger partial charge on any atom is 0.143 e. The molecule has 0 amide bonds. The summed E-state index contributed by atoms with van der Waals surface area (Å²) in [5.74, 6) is -0.720. The molecule has 21 heavy (non-hydrogen) atoms. The van der Waals surface area contributed by atoms with Gasteiger partial charge in [-0.2, -0.15) is 0 Å². The van der Waals surface area contributed by atoms with Gasteiger partial charge in [0.2, 0.25) is 0 Å². The standard InChI is InChI=1S/C16H15BrF2O2/c1-16(20,10-3-5-11(21-2)6-4-10)9-12-14(18)8-7-13(17)15(12)19/h3-8,20H,9H2,1-2H3. The van der Waals surface area contributed by atoms with E-state index >= 15 is 0 Å². The highest BCUT2D eigenvalue weighted by Gasteiger charge is 2.27. The fourth-order valence-electron chi connectivity index (χ4n) is 2.13. The van der Waals surface area contributed by atoms with E-state index in [9.17, 15) is 13.9 Å². The normalized spacial score (nSPS) is 13.8. The first-order valence-electron chi connectivity index (χ1n) is 6.34. The van der Waals surface area contributed by atoms with Crippen molar-refractivity contribution in [3.63, 3.8) is 0 Å². The molecule has 0 saturated carbocycles. The fourth-order valence-corrected chi connectivity index (χ4v) is 2.50. The molecule has 1 N–H and O–H groups in total. The van der Waals surface area contributed by atoms with E-state index in [4.69, 9.17) is 4.74 Å². The minimum absolute atomic E-state index is 0.148. The van der Waals surface area contributed by atoms with Gasteiger partial charge in [0, 0.05) is 12.0 Å². The van der Waals surface area contributed by atoms with Gasteiger partial charge >= 0.3 is 0 Å². The summed E-state index contributed by atoms with van der Waals surface area (Å²) in [6, 6.07) is 9.21. The van der Waals surface area contributed by atoms with Crippen molar-refractivity contribution in [3.05, 3.63) is 63.6 Å². The molecule has 0 saturated heterocycles. The maximum absolute atomic E-state index is 14.0. The van der Waals surface area contributed by atoms with E-state index in [2.05, 4.69) is 15.9 Å². The number of hydrogen-bond donors (Lipinski definition) is 1. The second-order valence-corrected chi connectivity index (χ2v) is 5.86. The third-order valence-electron chi connectivity index (χ3n) is 3.37. The van der Waals surface area contributed by atoms with E-state index < -0.39 is 17.2 Å². The lowest BCUT2D eigenvalue weighted by Gasteiger charge is -2.25. The lowest BCUT2D eigenvalue weighted by atomic mass is 9.88. The van der Waals surface area contributed by atoms with E-state index in [1.54, 1.807) is 31.4 Å². The first kappa shape index (κ1) is 15.9. The van der Waals surface area contributed by atoms with Crippen molar-refractivity contribution in [1.82, 2.24) is 0 Å². The second-order valence-electron chi connectivity index (χ2n) is 5.00. The molecular formula is C16H15BrF2O2. The number of aliphatic hydroxyl groups is 1. The molecule has 2 rings (SSSR count). The van der Waals surface area contributed by atoms with E-state index in [0.29, 0.717) is 11.3 Å². The smallest absolute Gasteiger partial charge is 0.143 e. The number of rotatable bonds is 4. The van der Waals surface area contributed by atoms with Crippen LogP contribution in [0.25, 0.3) is 0 Å². The van der Waals surface area contributed by atoms with Gasteiger partial charge in [-0.3, -0.25) is 0 Å². The van der Waals surface area contributed by atoms with Gasteiger partial charge in [0.1, 0.15) is 17.4 Å². The molecule has 0 aliphatic heterocycles. The predicted octanol–water partition coefficient (Wildman–Crippen LogP) is 4.19. The number of hydrogen-bond acceptors (Lipinski definition) is 2. The van der Waals surface area contributed by atoms with Crippen molar-refractivity contribution in [3.8, 4) is 5.75 Å². The van der Waals surface area contributed by atoms with Gasteiger partial charge in [0.25, 0.3) is 0 Å². The largest absolute Gasteiger partial charge is 0.497 e. The van der Waals surface area contributed by atoms with E-state index in [1.807, 2.05) is 0 Å². The Hall–Kier alpha value is -1.46. The number of benzene rings is 2. The number of ether oxygens (including phenoxy) is 1. The summed E-state index contributed by atoms with van der Waals surface area (Å²) in [5, 5.41) is 10.6. The Bertz CT molecular complexity index is 639. The molecule has 5 heteroatoms. The molecule has 0 fully saturated rings. The van der Waals surface area contributed by atoms with Crippen molar-refractivity contribution >= 4 is 15.9 Å². The minimum atomic E-state index is -1.39. The van der Waals surface area contributed by atoms with Gasteiger partial charge in [-0.15, -0.1) is 0 Å². The minimum Gasteiger partial charge on any atom is -0.497 e. The van der Waals surface area contributed by atoms with Crippen LogP contribution in [0.2, 0.25) is 0 Å². The fraction of sp³-hybridized carbons (Fsp3) is 0.250. The van der Waals surface area contributed by atoms with Crippen molar-refractivity contribution in [1.29, 1.82) is 0 Å². The van der Waals surface area contributed by atoms with Gasteiger partial charge in [0.05, 0.1) is 17.2 Å². The Balaban J connectivity index is 2.34. The van der Waals surface area contributed by atoms with Crippen LogP contribution in [0.1, 0.15) is 18.1 Å².